The van der Waals surface area contributed by atoms with Gasteiger partial charge in [-0.05, 0) is 31.2 Å². The van der Waals surface area contributed by atoms with Crippen molar-refractivity contribution in [1.29, 1.82) is 0 Å². The zero-order chi connectivity index (χ0) is 21.8. The van der Waals surface area contributed by atoms with E-state index in [-0.39, 0.29) is 18.2 Å². The molecule has 0 saturated carbocycles. The zero-order valence-electron chi connectivity index (χ0n) is 17.1. The number of carbonyl (C=O) groups is 3. The second-order valence-electron chi connectivity index (χ2n) is 7.42. The number of hydrogen-bond acceptors (Lipinski definition) is 6. The minimum atomic E-state index is -0.821. The summed E-state index contributed by atoms with van der Waals surface area (Å²) in [4.78, 5) is 38.3. The van der Waals surface area contributed by atoms with Crippen molar-refractivity contribution in [2.75, 3.05) is 17.2 Å². The Balaban J connectivity index is 1.49. The van der Waals surface area contributed by atoms with Crippen molar-refractivity contribution in [2.24, 2.45) is 11.8 Å². The summed E-state index contributed by atoms with van der Waals surface area (Å²) >= 11 is 0. The number of amides is 3. The molecular formula is C22H25N5O4. The predicted octanol–water partition coefficient (Wildman–Crippen LogP) is 1.22. The van der Waals surface area contributed by atoms with Gasteiger partial charge in [0.1, 0.15) is 5.75 Å². The quantitative estimate of drug-likeness (QED) is 0.476. The predicted molar refractivity (Wildman–Crippen MR) is 115 cm³/mol. The zero-order valence-corrected chi connectivity index (χ0v) is 17.1. The van der Waals surface area contributed by atoms with Gasteiger partial charge in [-0.15, -0.1) is 0 Å². The van der Waals surface area contributed by atoms with Crippen molar-refractivity contribution in [1.82, 2.24) is 16.0 Å². The van der Waals surface area contributed by atoms with E-state index >= 15 is 0 Å². The highest BCUT2D eigenvalue weighted by Crippen LogP contribution is 2.30. The second-order valence-corrected chi connectivity index (χ2v) is 7.42. The lowest BCUT2D eigenvalue weighted by Crippen LogP contribution is -2.72. The largest absolute Gasteiger partial charge is 0.492 e. The minimum absolute atomic E-state index is 0.0737. The normalized spacial score (nSPS) is 24.9. The average molecular weight is 423 g/mol. The van der Waals surface area contributed by atoms with E-state index in [1.807, 2.05) is 43.3 Å². The number of benzene rings is 2. The second kappa shape index (κ2) is 9.05. The molecule has 4 rings (SSSR count). The van der Waals surface area contributed by atoms with Gasteiger partial charge in [0.05, 0.1) is 30.3 Å². The molecule has 0 bridgehead atoms. The molecule has 162 valence electrons. The molecule has 4 atom stereocenters. The highest BCUT2D eigenvalue weighted by Gasteiger charge is 2.48. The number of anilines is 2. The fraction of sp³-hybridized carbons (Fsp3) is 0.318. The molecule has 2 heterocycles. The van der Waals surface area contributed by atoms with Crippen LogP contribution in [0, 0.1) is 11.8 Å². The van der Waals surface area contributed by atoms with Crippen LogP contribution in [0.5, 0.6) is 5.75 Å². The van der Waals surface area contributed by atoms with E-state index in [0.717, 1.165) is 5.69 Å². The summed E-state index contributed by atoms with van der Waals surface area (Å²) in [5, 5.41) is 14.8. The van der Waals surface area contributed by atoms with Gasteiger partial charge in [-0.2, -0.15) is 0 Å². The number of carbonyl (C=O) groups excluding carboxylic acids is 3. The Morgan fingerprint density at radius 2 is 1.81 bits per heavy atom. The van der Waals surface area contributed by atoms with Crippen LogP contribution in [0.2, 0.25) is 0 Å². The van der Waals surface area contributed by atoms with Gasteiger partial charge < -0.3 is 26.0 Å². The van der Waals surface area contributed by atoms with Gasteiger partial charge in [0.2, 0.25) is 17.7 Å². The maximum Gasteiger partial charge on any atom is 0.229 e. The number of piperidine rings is 1. The molecule has 2 aromatic rings. The fourth-order valence-electron chi connectivity index (χ4n) is 3.93. The Morgan fingerprint density at radius 3 is 2.58 bits per heavy atom. The summed E-state index contributed by atoms with van der Waals surface area (Å²) in [6.45, 7) is 2.30. The van der Waals surface area contributed by atoms with E-state index in [2.05, 4.69) is 26.6 Å². The number of rotatable bonds is 6. The van der Waals surface area contributed by atoms with Crippen LogP contribution in [-0.2, 0) is 14.4 Å². The van der Waals surface area contributed by atoms with Gasteiger partial charge in [0, 0.05) is 12.1 Å². The third kappa shape index (κ3) is 4.61. The van der Waals surface area contributed by atoms with Gasteiger partial charge in [0.15, 0.2) is 6.29 Å². The Labute approximate surface area is 179 Å². The highest BCUT2D eigenvalue weighted by molar-refractivity contribution is 6.00. The number of nitrogens with one attached hydrogen (secondary N) is 5. The van der Waals surface area contributed by atoms with Crippen molar-refractivity contribution in [2.45, 2.75) is 25.8 Å². The molecule has 0 radical (unpaired) electrons. The standard InChI is InChI=1S/C22H25N5O4/c1-2-31-16-11-7-6-10-15(16)24-20(29)14-12-17(28)25-19-18(14)21(30)27-22(26-19)23-13-8-4-3-5-9-13/h3-11,14,18-19,22-23,26H,2,12H2,1H3,(H,24,29)(H,25,28)(H,27,30). The van der Waals surface area contributed by atoms with Crippen LogP contribution in [0.15, 0.2) is 54.6 Å². The molecule has 2 aromatic carbocycles. The first-order chi connectivity index (χ1) is 15.0. The first-order valence-electron chi connectivity index (χ1n) is 10.2. The van der Waals surface area contributed by atoms with E-state index in [9.17, 15) is 14.4 Å². The monoisotopic (exact) mass is 423 g/mol. The first kappa shape index (κ1) is 20.7. The summed E-state index contributed by atoms with van der Waals surface area (Å²) < 4.78 is 5.55. The molecule has 2 fully saturated rings. The third-order valence-corrected chi connectivity index (χ3v) is 5.32. The molecule has 0 aromatic heterocycles. The van der Waals surface area contributed by atoms with Gasteiger partial charge in [-0.25, -0.2) is 0 Å². The lowest BCUT2D eigenvalue weighted by molar-refractivity contribution is -0.144. The van der Waals surface area contributed by atoms with Crippen molar-refractivity contribution in [3.8, 4) is 5.75 Å². The molecule has 3 amide bonds. The highest BCUT2D eigenvalue weighted by atomic mass is 16.5. The van der Waals surface area contributed by atoms with Crippen molar-refractivity contribution in [3.63, 3.8) is 0 Å². The van der Waals surface area contributed by atoms with E-state index in [1.54, 1.807) is 18.2 Å². The average Bonchev–Trinajstić information content (AvgIpc) is 2.75. The van der Waals surface area contributed by atoms with E-state index in [1.165, 1.54) is 0 Å². The first-order valence-corrected chi connectivity index (χ1v) is 10.2. The van der Waals surface area contributed by atoms with Crippen LogP contribution in [0.4, 0.5) is 11.4 Å². The number of hydrogen-bond donors (Lipinski definition) is 5. The Kier molecular flexibility index (Phi) is 6.03. The van der Waals surface area contributed by atoms with E-state index in [0.29, 0.717) is 18.0 Å². The Hall–Kier alpha value is -3.59. The summed E-state index contributed by atoms with van der Waals surface area (Å²) in [6.07, 6.45) is -1.33. The molecule has 0 aliphatic carbocycles. The Bertz CT molecular complexity index is 967. The van der Waals surface area contributed by atoms with Gasteiger partial charge in [0.25, 0.3) is 0 Å². The maximum absolute atomic E-state index is 13.1. The summed E-state index contributed by atoms with van der Waals surface area (Å²) in [7, 11) is 0. The van der Waals surface area contributed by atoms with E-state index < -0.39 is 30.2 Å². The third-order valence-electron chi connectivity index (χ3n) is 5.32. The summed E-state index contributed by atoms with van der Waals surface area (Å²) in [5.41, 5.74) is 1.31. The maximum atomic E-state index is 13.1. The van der Waals surface area contributed by atoms with Crippen LogP contribution >= 0.6 is 0 Å². The summed E-state index contributed by atoms with van der Waals surface area (Å²) in [5.74, 6) is -2.03. The molecule has 2 saturated heterocycles. The molecule has 2 aliphatic heterocycles. The number of fused-ring (bicyclic) bond motifs is 1. The smallest absolute Gasteiger partial charge is 0.229 e. The lowest BCUT2D eigenvalue weighted by atomic mass is 9.81. The van der Waals surface area contributed by atoms with Gasteiger partial charge in [-0.1, -0.05) is 30.3 Å². The number of para-hydroxylation sites is 3. The van der Waals surface area contributed by atoms with Crippen LogP contribution in [-0.4, -0.2) is 36.8 Å². The molecule has 0 spiro atoms. The Morgan fingerprint density at radius 1 is 1.06 bits per heavy atom. The minimum Gasteiger partial charge on any atom is -0.492 e. The molecular weight excluding hydrogens is 398 g/mol. The molecule has 31 heavy (non-hydrogen) atoms. The topological polar surface area (TPSA) is 121 Å². The molecule has 4 unspecified atom stereocenters. The molecule has 5 N–H and O–H groups in total. The molecule has 9 heteroatoms. The van der Waals surface area contributed by atoms with Crippen LogP contribution in [0.3, 0.4) is 0 Å². The van der Waals surface area contributed by atoms with Crippen LogP contribution in [0.25, 0.3) is 0 Å². The van der Waals surface area contributed by atoms with Crippen LogP contribution < -0.4 is 31.3 Å². The van der Waals surface area contributed by atoms with Crippen LogP contribution in [0.1, 0.15) is 13.3 Å². The molecule has 2 aliphatic rings. The van der Waals surface area contributed by atoms with Crippen molar-refractivity contribution < 1.29 is 19.1 Å². The molecule has 9 nitrogen and oxygen atoms in total. The van der Waals surface area contributed by atoms with Gasteiger partial charge >= 0.3 is 0 Å². The fourth-order valence-corrected chi connectivity index (χ4v) is 3.93. The van der Waals surface area contributed by atoms with Gasteiger partial charge in [-0.3, -0.25) is 19.7 Å². The SMILES string of the molecule is CCOc1ccccc1NC(=O)C1CC(=O)NC2NC(Nc3ccccc3)NC(=O)C21. The summed E-state index contributed by atoms with van der Waals surface area (Å²) in [6, 6.07) is 16.4. The van der Waals surface area contributed by atoms with Crippen molar-refractivity contribution in [3.05, 3.63) is 54.6 Å². The number of ether oxygens (including phenoxy) is 1. The van der Waals surface area contributed by atoms with E-state index in [4.69, 9.17) is 4.74 Å². The lowest BCUT2D eigenvalue weighted by Gasteiger charge is -2.43. The van der Waals surface area contributed by atoms with Crippen molar-refractivity contribution >= 4 is 29.1 Å².